The molecule has 1 amide bonds. The summed E-state index contributed by atoms with van der Waals surface area (Å²) in [4.78, 5) is 12.1. The number of carbonyl (C=O) groups excluding carboxylic acids is 1. The van der Waals surface area contributed by atoms with Crippen LogP contribution in [0.3, 0.4) is 0 Å². The summed E-state index contributed by atoms with van der Waals surface area (Å²) < 4.78 is 32.0. The molecule has 0 aromatic carbocycles. The summed E-state index contributed by atoms with van der Waals surface area (Å²) in [5, 5.41) is 10.3. The maximum atomic E-state index is 12.1. The van der Waals surface area contributed by atoms with Crippen molar-refractivity contribution in [2.45, 2.75) is 33.4 Å². The van der Waals surface area contributed by atoms with Crippen molar-refractivity contribution in [3.05, 3.63) is 11.4 Å². The molecule has 0 aliphatic carbocycles. The quantitative estimate of drug-likeness (QED) is 0.680. The summed E-state index contributed by atoms with van der Waals surface area (Å²) in [7, 11) is -3.21. The van der Waals surface area contributed by atoms with Gasteiger partial charge in [0.25, 0.3) is 0 Å². The van der Waals surface area contributed by atoms with E-state index in [0.717, 1.165) is 23.6 Å². The summed E-state index contributed by atoms with van der Waals surface area (Å²) in [6.45, 7) is 8.08. The third-order valence-electron chi connectivity index (χ3n) is 4.17. The van der Waals surface area contributed by atoms with E-state index in [2.05, 4.69) is 15.7 Å². The van der Waals surface area contributed by atoms with Crippen LogP contribution in [-0.4, -0.2) is 73.6 Å². The van der Waals surface area contributed by atoms with Crippen LogP contribution in [0.15, 0.2) is 0 Å². The van der Waals surface area contributed by atoms with Crippen LogP contribution < -0.4 is 10.6 Å². The molecule has 1 aliphatic heterocycles. The number of aromatic nitrogens is 2. The second-order valence-corrected chi connectivity index (χ2v) is 8.14. The lowest BCUT2D eigenvalue weighted by atomic mass is 10.3. The van der Waals surface area contributed by atoms with Crippen molar-refractivity contribution in [1.82, 2.24) is 19.4 Å². The third-order valence-corrected chi connectivity index (χ3v) is 5.44. The van der Waals surface area contributed by atoms with Gasteiger partial charge in [0.15, 0.2) is 0 Å². The predicted octanol–water partition coefficient (Wildman–Crippen LogP) is -0.292. The van der Waals surface area contributed by atoms with E-state index in [1.165, 1.54) is 10.6 Å². The predicted molar refractivity (Wildman–Crippen MR) is 95.0 cm³/mol. The lowest BCUT2D eigenvalue weighted by molar-refractivity contribution is -0.115. The highest BCUT2D eigenvalue weighted by atomic mass is 32.2. The van der Waals surface area contributed by atoms with Gasteiger partial charge in [-0.15, -0.1) is 0 Å². The fraction of sp³-hybridized carbons (Fsp3) is 0.733. The molecule has 142 valence electrons. The van der Waals surface area contributed by atoms with Crippen molar-refractivity contribution in [1.29, 1.82) is 0 Å². The van der Waals surface area contributed by atoms with Gasteiger partial charge in [-0.2, -0.15) is 9.40 Å². The number of hydrogen-bond donors (Lipinski definition) is 2. The average molecular weight is 373 g/mol. The molecule has 1 atom stereocenters. The highest BCUT2D eigenvalue weighted by molar-refractivity contribution is 7.88. The van der Waals surface area contributed by atoms with Crippen molar-refractivity contribution in [2.24, 2.45) is 0 Å². The first-order valence-electron chi connectivity index (χ1n) is 8.33. The highest BCUT2D eigenvalue weighted by Gasteiger charge is 2.26. The molecule has 1 aliphatic rings. The van der Waals surface area contributed by atoms with Gasteiger partial charge in [0.05, 0.1) is 42.6 Å². The van der Waals surface area contributed by atoms with Gasteiger partial charge in [0.1, 0.15) is 0 Å². The van der Waals surface area contributed by atoms with Gasteiger partial charge < -0.3 is 15.4 Å². The maximum Gasteiger partial charge on any atom is 0.238 e. The molecule has 1 aromatic rings. The lowest BCUT2D eigenvalue weighted by Gasteiger charge is -2.31. The van der Waals surface area contributed by atoms with Crippen LogP contribution >= 0.6 is 0 Å². The Morgan fingerprint density at radius 2 is 2.12 bits per heavy atom. The molecule has 9 nitrogen and oxygen atoms in total. The van der Waals surface area contributed by atoms with E-state index >= 15 is 0 Å². The first-order chi connectivity index (χ1) is 11.7. The van der Waals surface area contributed by atoms with Crippen molar-refractivity contribution in [2.75, 3.05) is 44.4 Å². The number of sulfonamides is 1. The Kier molecular flexibility index (Phi) is 6.55. The maximum absolute atomic E-state index is 12.1. The Hall–Kier alpha value is -1.49. The average Bonchev–Trinajstić information content (AvgIpc) is 2.82. The van der Waals surface area contributed by atoms with Crippen LogP contribution in [0.1, 0.15) is 18.3 Å². The molecule has 1 fully saturated rings. The van der Waals surface area contributed by atoms with E-state index in [1.54, 1.807) is 0 Å². The monoisotopic (exact) mass is 373 g/mol. The fourth-order valence-corrected chi connectivity index (χ4v) is 3.68. The molecule has 1 saturated heterocycles. The molecule has 0 spiro atoms. The molecular formula is C15H27N5O4S. The minimum absolute atomic E-state index is 0.120. The van der Waals surface area contributed by atoms with Gasteiger partial charge >= 0.3 is 0 Å². The molecule has 0 bridgehead atoms. The van der Waals surface area contributed by atoms with Crippen LogP contribution in [0.25, 0.3) is 0 Å². The first kappa shape index (κ1) is 19.8. The SMILES string of the molecule is CCn1nc(C)c(NC(=O)CNCC2CN(S(C)(=O)=O)CCO2)c1C. The highest BCUT2D eigenvalue weighted by Crippen LogP contribution is 2.18. The number of ether oxygens (including phenoxy) is 1. The van der Waals surface area contributed by atoms with E-state index in [4.69, 9.17) is 4.74 Å². The lowest BCUT2D eigenvalue weighted by Crippen LogP contribution is -2.49. The molecule has 25 heavy (non-hydrogen) atoms. The van der Waals surface area contributed by atoms with Crippen molar-refractivity contribution < 1.29 is 17.9 Å². The van der Waals surface area contributed by atoms with Gasteiger partial charge in [-0.05, 0) is 20.8 Å². The van der Waals surface area contributed by atoms with E-state index in [1.807, 2.05) is 25.5 Å². The largest absolute Gasteiger partial charge is 0.374 e. The number of carbonyl (C=O) groups is 1. The Labute approximate surface area is 148 Å². The minimum atomic E-state index is -3.21. The summed E-state index contributed by atoms with van der Waals surface area (Å²) in [6.07, 6.45) is 0.930. The summed E-state index contributed by atoms with van der Waals surface area (Å²) >= 11 is 0. The minimum Gasteiger partial charge on any atom is -0.374 e. The van der Waals surface area contributed by atoms with Crippen molar-refractivity contribution in [3.63, 3.8) is 0 Å². The van der Waals surface area contributed by atoms with Gasteiger partial charge in [-0.1, -0.05) is 0 Å². The summed E-state index contributed by atoms with van der Waals surface area (Å²) in [6, 6.07) is 0. The second-order valence-electron chi connectivity index (χ2n) is 6.15. The van der Waals surface area contributed by atoms with Crippen molar-refractivity contribution in [3.8, 4) is 0 Å². The van der Waals surface area contributed by atoms with Crippen molar-refractivity contribution >= 4 is 21.6 Å². The number of amides is 1. The number of anilines is 1. The Morgan fingerprint density at radius 1 is 1.40 bits per heavy atom. The molecule has 1 aromatic heterocycles. The van der Waals surface area contributed by atoms with Crippen LogP contribution in [0.5, 0.6) is 0 Å². The fourth-order valence-electron chi connectivity index (χ4n) is 2.83. The van der Waals surface area contributed by atoms with E-state index in [0.29, 0.717) is 26.2 Å². The number of aryl methyl sites for hydroxylation is 2. The van der Waals surface area contributed by atoms with E-state index in [9.17, 15) is 13.2 Å². The molecule has 2 N–H and O–H groups in total. The summed E-state index contributed by atoms with van der Waals surface area (Å²) in [5.74, 6) is -0.169. The normalized spacial score (nSPS) is 19.1. The van der Waals surface area contributed by atoms with Gasteiger partial charge in [0.2, 0.25) is 15.9 Å². The van der Waals surface area contributed by atoms with Crippen LogP contribution in [-0.2, 0) is 26.1 Å². The zero-order valence-corrected chi connectivity index (χ0v) is 16.0. The Balaban J connectivity index is 1.80. The molecule has 1 unspecified atom stereocenters. The molecule has 0 radical (unpaired) electrons. The van der Waals surface area contributed by atoms with E-state index in [-0.39, 0.29) is 18.6 Å². The number of hydrogen-bond acceptors (Lipinski definition) is 6. The molecule has 2 heterocycles. The van der Waals surface area contributed by atoms with E-state index < -0.39 is 10.0 Å². The number of nitrogens with one attached hydrogen (secondary N) is 2. The molecule has 10 heteroatoms. The number of rotatable bonds is 7. The Morgan fingerprint density at radius 3 is 2.72 bits per heavy atom. The number of morpholine rings is 1. The Bertz CT molecular complexity index is 716. The smallest absolute Gasteiger partial charge is 0.238 e. The summed E-state index contributed by atoms with van der Waals surface area (Å²) in [5.41, 5.74) is 2.45. The van der Waals surface area contributed by atoms with Gasteiger partial charge in [-0.3, -0.25) is 9.48 Å². The van der Waals surface area contributed by atoms with Gasteiger partial charge in [-0.25, -0.2) is 8.42 Å². The van der Waals surface area contributed by atoms with Crippen LogP contribution in [0.2, 0.25) is 0 Å². The molecular weight excluding hydrogens is 346 g/mol. The second kappa shape index (κ2) is 8.26. The van der Waals surface area contributed by atoms with Gasteiger partial charge in [0, 0.05) is 26.2 Å². The standard InChI is InChI=1S/C15H27N5O4S/c1-5-20-12(3)15(11(2)18-20)17-14(21)9-16-8-13-10-19(6-7-24-13)25(4,22)23/h13,16H,5-10H2,1-4H3,(H,17,21). The zero-order chi connectivity index (χ0) is 18.6. The third kappa shape index (κ3) is 5.24. The van der Waals surface area contributed by atoms with Crippen LogP contribution in [0, 0.1) is 13.8 Å². The zero-order valence-electron chi connectivity index (χ0n) is 15.2. The van der Waals surface area contributed by atoms with Crippen LogP contribution in [0.4, 0.5) is 5.69 Å². The molecule has 2 rings (SSSR count). The molecule has 0 saturated carbocycles. The number of nitrogens with zero attached hydrogens (tertiary/aromatic N) is 3. The first-order valence-corrected chi connectivity index (χ1v) is 10.2. The topological polar surface area (TPSA) is 106 Å².